The molecular weight excluding hydrogens is 511 g/mol. The molecule has 0 radical (unpaired) electrons. The lowest BCUT2D eigenvalue weighted by atomic mass is 9.97. The highest BCUT2D eigenvalue weighted by molar-refractivity contribution is 5.67. The topological polar surface area (TPSA) is 86.4 Å². The van der Waals surface area contributed by atoms with Gasteiger partial charge in [-0.3, -0.25) is 4.57 Å². The molecular formula is C29H22F3N3O4. The van der Waals surface area contributed by atoms with Crippen LogP contribution in [-0.4, -0.2) is 16.2 Å². The number of aryl methyl sites for hydroxylation is 1. The van der Waals surface area contributed by atoms with Crippen LogP contribution in [0, 0.1) is 11.3 Å². The largest absolute Gasteiger partial charge is 0.494 e. The van der Waals surface area contributed by atoms with E-state index in [1.807, 2.05) is 31.2 Å². The molecule has 1 aromatic heterocycles. The normalized spacial score (nSPS) is 12.2. The van der Waals surface area contributed by atoms with E-state index in [0.29, 0.717) is 30.8 Å². The molecule has 0 aliphatic carbocycles. The minimum Gasteiger partial charge on any atom is -0.494 e. The van der Waals surface area contributed by atoms with E-state index in [0.717, 1.165) is 29.0 Å². The van der Waals surface area contributed by atoms with Crippen LogP contribution in [0.5, 0.6) is 23.1 Å². The Morgan fingerprint density at radius 3 is 2.56 bits per heavy atom. The Morgan fingerprint density at radius 2 is 1.79 bits per heavy atom. The van der Waals surface area contributed by atoms with Gasteiger partial charge in [0.1, 0.15) is 23.9 Å². The number of alkyl halides is 3. The molecule has 7 nitrogen and oxygen atoms in total. The fraction of sp³-hybridized carbons (Fsp3) is 0.207. The Balaban J connectivity index is 1.35. The summed E-state index contributed by atoms with van der Waals surface area (Å²) in [5, 5.41) is 9.64. The van der Waals surface area contributed by atoms with Crippen molar-refractivity contribution in [2.45, 2.75) is 32.7 Å². The third-order valence-corrected chi connectivity index (χ3v) is 6.23. The number of rotatable bonds is 7. The highest BCUT2D eigenvalue weighted by Gasteiger charge is 2.30. The lowest BCUT2D eigenvalue weighted by Gasteiger charge is -2.22. The van der Waals surface area contributed by atoms with Gasteiger partial charge in [0.2, 0.25) is 5.88 Å². The molecule has 0 unspecified atom stereocenters. The van der Waals surface area contributed by atoms with Crippen LogP contribution in [0.3, 0.4) is 0 Å². The first kappa shape index (κ1) is 25.9. The number of nitrogens with zero attached hydrogens (tertiary/aromatic N) is 3. The van der Waals surface area contributed by atoms with E-state index in [1.165, 1.54) is 24.3 Å². The van der Waals surface area contributed by atoms with Gasteiger partial charge in [-0.1, -0.05) is 12.1 Å². The van der Waals surface area contributed by atoms with E-state index in [2.05, 4.69) is 4.98 Å². The number of halogens is 3. The van der Waals surface area contributed by atoms with Gasteiger partial charge in [0.15, 0.2) is 0 Å². The summed E-state index contributed by atoms with van der Waals surface area (Å²) in [5.74, 6) is 1.07. The Kier molecular flexibility index (Phi) is 6.98. The Bertz CT molecular complexity index is 1640. The van der Waals surface area contributed by atoms with E-state index in [-0.39, 0.29) is 29.5 Å². The SMILES string of the molecule is CCOc1ccc2c(c1)CCn1c-2cc(OCc2ccc(Oc3cccc(C(F)(F)F)c3)cc2C#N)nc1=O. The highest BCUT2D eigenvalue weighted by Crippen LogP contribution is 2.34. The van der Waals surface area contributed by atoms with Crippen LogP contribution < -0.4 is 19.9 Å². The van der Waals surface area contributed by atoms with Crippen molar-refractivity contribution in [2.24, 2.45) is 0 Å². The van der Waals surface area contributed by atoms with Crippen LogP contribution in [-0.2, 0) is 25.7 Å². The molecule has 39 heavy (non-hydrogen) atoms. The maximum atomic E-state index is 13.0. The number of hydrogen-bond donors (Lipinski definition) is 0. The summed E-state index contributed by atoms with van der Waals surface area (Å²) in [6.07, 6.45) is -3.83. The molecule has 0 spiro atoms. The summed E-state index contributed by atoms with van der Waals surface area (Å²) in [6, 6.07) is 18.5. The van der Waals surface area contributed by atoms with Crippen LogP contribution in [0.15, 0.2) is 71.5 Å². The average Bonchev–Trinajstić information content (AvgIpc) is 2.92. The van der Waals surface area contributed by atoms with Crippen molar-refractivity contribution >= 4 is 0 Å². The average molecular weight is 534 g/mol. The molecule has 1 aliphatic rings. The van der Waals surface area contributed by atoms with Crippen LogP contribution in [0.25, 0.3) is 11.3 Å². The Labute approximate surface area is 221 Å². The minimum absolute atomic E-state index is 0.00916. The summed E-state index contributed by atoms with van der Waals surface area (Å²) in [4.78, 5) is 16.7. The fourth-order valence-corrected chi connectivity index (χ4v) is 4.39. The summed E-state index contributed by atoms with van der Waals surface area (Å²) in [7, 11) is 0. The molecule has 0 amide bonds. The van der Waals surface area contributed by atoms with Crippen molar-refractivity contribution in [1.29, 1.82) is 5.26 Å². The number of ether oxygens (including phenoxy) is 3. The van der Waals surface area contributed by atoms with Gasteiger partial charge in [-0.25, -0.2) is 4.79 Å². The first-order chi connectivity index (χ1) is 18.7. The summed E-state index contributed by atoms with van der Waals surface area (Å²) < 4.78 is 57.5. The van der Waals surface area contributed by atoms with Gasteiger partial charge in [-0.05, 0) is 67.4 Å². The monoisotopic (exact) mass is 533 g/mol. The Hall–Kier alpha value is -4.78. The van der Waals surface area contributed by atoms with Crippen LogP contribution in [0.2, 0.25) is 0 Å². The van der Waals surface area contributed by atoms with Crippen molar-refractivity contribution in [1.82, 2.24) is 9.55 Å². The van der Waals surface area contributed by atoms with Crippen molar-refractivity contribution in [3.05, 3.63) is 99.5 Å². The zero-order valence-electron chi connectivity index (χ0n) is 20.8. The zero-order chi connectivity index (χ0) is 27.6. The molecule has 4 aromatic rings. The van der Waals surface area contributed by atoms with Crippen LogP contribution in [0.4, 0.5) is 13.2 Å². The molecule has 0 atom stereocenters. The van der Waals surface area contributed by atoms with Gasteiger partial charge in [0, 0.05) is 23.7 Å². The number of hydrogen-bond acceptors (Lipinski definition) is 6. The molecule has 198 valence electrons. The lowest BCUT2D eigenvalue weighted by molar-refractivity contribution is -0.137. The first-order valence-corrected chi connectivity index (χ1v) is 12.1. The number of aromatic nitrogens is 2. The third-order valence-electron chi connectivity index (χ3n) is 6.23. The van der Waals surface area contributed by atoms with Gasteiger partial charge in [-0.15, -0.1) is 0 Å². The lowest BCUT2D eigenvalue weighted by Crippen LogP contribution is -2.28. The smallest absolute Gasteiger partial charge is 0.416 e. The highest BCUT2D eigenvalue weighted by atomic mass is 19.4. The molecule has 10 heteroatoms. The van der Waals surface area contributed by atoms with Crippen molar-refractivity contribution < 1.29 is 27.4 Å². The predicted molar refractivity (Wildman–Crippen MR) is 136 cm³/mol. The third kappa shape index (κ3) is 5.57. The van der Waals surface area contributed by atoms with Gasteiger partial charge in [-0.2, -0.15) is 23.4 Å². The van der Waals surface area contributed by atoms with Gasteiger partial charge < -0.3 is 14.2 Å². The molecule has 0 saturated carbocycles. The molecule has 2 heterocycles. The van der Waals surface area contributed by atoms with E-state index >= 15 is 0 Å². The summed E-state index contributed by atoms with van der Waals surface area (Å²) in [5.41, 5.74) is 2.06. The molecule has 3 aromatic carbocycles. The van der Waals surface area contributed by atoms with Crippen molar-refractivity contribution in [3.63, 3.8) is 0 Å². The van der Waals surface area contributed by atoms with Crippen molar-refractivity contribution in [2.75, 3.05) is 6.61 Å². The van der Waals surface area contributed by atoms with Crippen LogP contribution in [0.1, 0.15) is 29.2 Å². The second-order valence-corrected chi connectivity index (χ2v) is 8.76. The Morgan fingerprint density at radius 1 is 1.00 bits per heavy atom. The maximum absolute atomic E-state index is 13.0. The molecule has 0 N–H and O–H groups in total. The summed E-state index contributed by atoms with van der Waals surface area (Å²) in [6.45, 7) is 2.90. The molecule has 0 saturated heterocycles. The van der Waals surface area contributed by atoms with Gasteiger partial charge >= 0.3 is 11.9 Å². The molecule has 5 rings (SSSR count). The molecule has 0 bridgehead atoms. The fourth-order valence-electron chi connectivity index (χ4n) is 4.39. The van der Waals surface area contributed by atoms with Gasteiger partial charge in [0.25, 0.3) is 0 Å². The van der Waals surface area contributed by atoms with E-state index < -0.39 is 17.4 Å². The van der Waals surface area contributed by atoms with Crippen molar-refractivity contribution in [3.8, 4) is 40.5 Å². The quantitative estimate of drug-likeness (QED) is 0.284. The molecule has 0 fully saturated rings. The second kappa shape index (κ2) is 10.5. The minimum atomic E-state index is -4.50. The molecule has 1 aliphatic heterocycles. The zero-order valence-corrected chi connectivity index (χ0v) is 20.8. The van der Waals surface area contributed by atoms with Crippen LogP contribution >= 0.6 is 0 Å². The predicted octanol–water partition coefficient (Wildman–Crippen LogP) is 6.13. The number of nitriles is 1. The number of benzene rings is 3. The number of fused-ring (bicyclic) bond motifs is 3. The second-order valence-electron chi connectivity index (χ2n) is 8.76. The van der Waals surface area contributed by atoms with E-state index in [1.54, 1.807) is 16.7 Å². The van der Waals surface area contributed by atoms with E-state index in [9.17, 15) is 23.2 Å². The standard InChI is InChI=1S/C29H22F3N3O4/c1-2-37-22-8-9-25-18(12-22)10-11-35-26(25)15-27(34-28(35)36)38-17-19-6-7-24(13-20(19)16-33)39-23-5-3-4-21(14-23)29(30,31)32/h3-9,12-15H,2,10-11,17H2,1H3. The summed E-state index contributed by atoms with van der Waals surface area (Å²) >= 11 is 0. The van der Waals surface area contributed by atoms with E-state index in [4.69, 9.17) is 14.2 Å². The van der Waals surface area contributed by atoms with Gasteiger partial charge in [0.05, 0.1) is 29.5 Å². The maximum Gasteiger partial charge on any atom is 0.416 e. The first-order valence-electron chi connectivity index (χ1n) is 12.1.